The number of hydrogen-bond acceptors (Lipinski definition) is 8. The van der Waals surface area contributed by atoms with Gasteiger partial charge >= 0.3 is 0 Å². The Balaban J connectivity index is 1.61. The van der Waals surface area contributed by atoms with Crippen LogP contribution in [-0.4, -0.2) is 82.8 Å². The topological polar surface area (TPSA) is 120 Å². The highest BCUT2D eigenvalue weighted by Crippen LogP contribution is 2.24. The van der Waals surface area contributed by atoms with Gasteiger partial charge in [-0.15, -0.1) is 11.3 Å². The molecule has 0 radical (unpaired) electrons. The van der Waals surface area contributed by atoms with Gasteiger partial charge in [0.15, 0.2) is 10.00 Å². The van der Waals surface area contributed by atoms with Gasteiger partial charge in [-0.2, -0.15) is 0 Å². The summed E-state index contributed by atoms with van der Waals surface area (Å²) >= 11 is 6.46. The lowest BCUT2D eigenvalue weighted by atomic mass is 10.2. The number of amides is 3. The maximum atomic E-state index is 13.0. The van der Waals surface area contributed by atoms with Gasteiger partial charge in [0.1, 0.15) is 11.6 Å². The van der Waals surface area contributed by atoms with Crippen LogP contribution in [0.2, 0.25) is 0 Å². The van der Waals surface area contributed by atoms with Crippen molar-refractivity contribution in [3.05, 3.63) is 39.7 Å². The zero-order chi connectivity index (χ0) is 24.8. The van der Waals surface area contributed by atoms with E-state index in [0.29, 0.717) is 5.01 Å². The fourth-order valence-corrected chi connectivity index (χ4v) is 4.38. The zero-order valence-electron chi connectivity index (χ0n) is 19.1. The molecule has 3 amide bonds. The number of aromatic nitrogens is 2. The Morgan fingerprint density at radius 2 is 2.09 bits per heavy atom. The summed E-state index contributed by atoms with van der Waals surface area (Å²) in [5.74, 6) is -1.61. The molecule has 1 unspecified atom stereocenters. The molecule has 3 N–H and O–H groups in total. The standard InChI is InChI=1S/C21H26FN7O3S2/c1-28(2)17(30)8-13(10-24-20(33)18(31)27-16-5-4-12(22)9-23-16)25-19(32)21-26-14-6-7-29(3)11-15(14)34-21/h4-5,9,13H,6-8,10-11H2,1-3H3,(H,24,33)(H,25,32)(H,23,27,31). The Morgan fingerprint density at radius 3 is 2.76 bits per heavy atom. The summed E-state index contributed by atoms with van der Waals surface area (Å²) in [7, 11) is 5.25. The fraction of sp³-hybridized carbons (Fsp3) is 0.429. The van der Waals surface area contributed by atoms with E-state index in [9.17, 15) is 18.8 Å². The van der Waals surface area contributed by atoms with Crippen LogP contribution in [0.5, 0.6) is 0 Å². The van der Waals surface area contributed by atoms with Crippen LogP contribution in [0, 0.1) is 5.82 Å². The van der Waals surface area contributed by atoms with E-state index in [1.807, 2.05) is 7.05 Å². The van der Waals surface area contributed by atoms with Crippen LogP contribution in [0.4, 0.5) is 10.2 Å². The van der Waals surface area contributed by atoms with Crippen molar-refractivity contribution >= 4 is 52.1 Å². The van der Waals surface area contributed by atoms with Crippen LogP contribution >= 0.6 is 23.6 Å². The molecule has 0 saturated heterocycles. The molecule has 1 aliphatic rings. The summed E-state index contributed by atoms with van der Waals surface area (Å²) < 4.78 is 13.0. The molecule has 34 heavy (non-hydrogen) atoms. The van der Waals surface area contributed by atoms with Crippen LogP contribution in [0.25, 0.3) is 0 Å². The lowest BCUT2D eigenvalue weighted by Crippen LogP contribution is -2.47. The van der Waals surface area contributed by atoms with E-state index in [1.54, 1.807) is 14.1 Å². The van der Waals surface area contributed by atoms with Crippen molar-refractivity contribution in [2.75, 3.05) is 39.5 Å². The van der Waals surface area contributed by atoms with Gasteiger partial charge in [0.2, 0.25) is 5.91 Å². The van der Waals surface area contributed by atoms with Crippen LogP contribution in [0.1, 0.15) is 26.8 Å². The molecule has 2 aromatic heterocycles. The van der Waals surface area contributed by atoms with Crippen LogP contribution in [0.15, 0.2) is 18.3 Å². The molecule has 0 saturated carbocycles. The van der Waals surface area contributed by atoms with Crippen molar-refractivity contribution in [1.82, 2.24) is 30.4 Å². The molecule has 182 valence electrons. The molecular formula is C21H26FN7O3S2. The number of halogens is 1. The molecule has 0 fully saturated rings. The summed E-state index contributed by atoms with van der Waals surface area (Å²) in [4.78, 5) is 50.2. The molecule has 2 aromatic rings. The first-order valence-corrected chi connectivity index (χ1v) is 11.7. The number of nitrogens with one attached hydrogen (secondary N) is 3. The lowest BCUT2D eigenvalue weighted by Gasteiger charge is -2.21. The van der Waals surface area contributed by atoms with Gasteiger partial charge in [-0.3, -0.25) is 14.4 Å². The Hall–Kier alpha value is -3.03. The largest absolute Gasteiger partial charge is 0.370 e. The highest BCUT2D eigenvalue weighted by molar-refractivity contribution is 7.82. The number of anilines is 1. The Labute approximate surface area is 205 Å². The summed E-state index contributed by atoms with van der Waals surface area (Å²) in [5, 5.41) is 8.40. The summed E-state index contributed by atoms with van der Waals surface area (Å²) in [6.07, 6.45) is 1.76. The number of nitrogens with zero attached hydrogens (tertiary/aromatic N) is 4. The van der Waals surface area contributed by atoms with Crippen molar-refractivity contribution < 1.29 is 18.8 Å². The fourth-order valence-electron chi connectivity index (χ4n) is 3.15. The third-order valence-electron chi connectivity index (χ3n) is 5.06. The van der Waals surface area contributed by atoms with Crippen molar-refractivity contribution in [3.63, 3.8) is 0 Å². The number of rotatable bonds is 7. The number of fused-ring (bicyclic) bond motifs is 1. The molecule has 1 aliphatic heterocycles. The molecule has 13 heteroatoms. The molecule has 1 atom stereocenters. The maximum Gasteiger partial charge on any atom is 0.284 e. The van der Waals surface area contributed by atoms with E-state index in [2.05, 4.69) is 30.8 Å². The van der Waals surface area contributed by atoms with Crippen LogP contribution < -0.4 is 16.0 Å². The van der Waals surface area contributed by atoms with Gasteiger partial charge in [0.05, 0.1) is 17.9 Å². The predicted octanol–water partition coefficient (Wildman–Crippen LogP) is 0.798. The Bertz CT molecular complexity index is 1070. The van der Waals surface area contributed by atoms with E-state index < -0.39 is 17.8 Å². The van der Waals surface area contributed by atoms with E-state index in [1.165, 1.54) is 22.3 Å². The average molecular weight is 508 g/mol. The van der Waals surface area contributed by atoms with Gasteiger partial charge in [0, 0.05) is 51.4 Å². The third kappa shape index (κ3) is 6.98. The molecular weight excluding hydrogens is 481 g/mol. The smallest absolute Gasteiger partial charge is 0.284 e. The summed E-state index contributed by atoms with van der Waals surface area (Å²) in [5.41, 5.74) is 0.930. The lowest BCUT2D eigenvalue weighted by molar-refractivity contribution is -0.129. The zero-order valence-corrected chi connectivity index (χ0v) is 20.7. The first kappa shape index (κ1) is 25.6. The second-order valence-corrected chi connectivity index (χ2v) is 9.56. The first-order valence-electron chi connectivity index (χ1n) is 10.5. The van der Waals surface area contributed by atoms with Crippen molar-refractivity contribution in [1.29, 1.82) is 0 Å². The summed E-state index contributed by atoms with van der Waals surface area (Å²) in [6.45, 7) is 1.67. The average Bonchev–Trinajstić information content (AvgIpc) is 3.22. The third-order valence-corrected chi connectivity index (χ3v) is 6.47. The second-order valence-electron chi connectivity index (χ2n) is 8.07. The number of hydrogen-bond donors (Lipinski definition) is 3. The van der Waals surface area contributed by atoms with Crippen molar-refractivity contribution in [3.8, 4) is 0 Å². The number of carbonyl (C=O) groups is 3. The minimum absolute atomic E-state index is 0.00329. The monoisotopic (exact) mass is 507 g/mol. The number of thiocarbonyl (C=S) groups is 1. The highest BCUT2D eigenvalue weighted by Gasteiger charge is 2.25. The maximum absolute atomic E-state index is 13.0. The normalized spacial score (nSPS) is 14.0. The summed E-state index contributed by atoms with van der Waals surface area (Å²) in [6, 6.07) is 1.83. The second kappa shape index (κ2) is 11.4. The van der Waals surface area contributed by atoms with E-state index in [-0.39, 0.29) is 35.6 Å². The Kier molecular flexibility index (Phi) is 8.58. The molecule has 0 aliphatic carbocycles. The van der Waals surface area contributed by atoms with Crippen molar-refractivity contribution in [2.24, 2.45) is 0 Å². The van der Waals surface area contributed by atoms with Gasteiger partial charge in [-0.05, 0) is 19.2 Å². The van der Waals surface area contributed by atoms with Crippen LogP contribution in [-0.2, 0) is 22.6 Å². The van der Waals surface area contributed by atoms with Crippen molar-refractivity contribution in [2.45, 2.75) is 25.4 Å². The van der Waals surface area contributed by atoms with E-state index in [0.717, 1.165) is 42.3 Å². The van der Waals surface area contributed by atoms with Gasteiger partial charge < -0.3 is 25.8 Å². The number of likely N-dealkylation sites (N-methyl/N-ethyl adjacent to an activating group) is 1. The quantitative estimate of drug-likeness (QED) is 0.471. The molecule has 0 aromatic carbocycles. The highest BCUT2D eigenvalue weighted by atomic mass is 32.1. The molecule has 0 spiro atoms. The van der Waals surface area contributed by atoms with Crippen LogP contribution in [0.3, 0.4) is 0 Å². The van der Waals surface area contributed by atoms with E-state index >= 15 is 0 Å². The minimum atomic E-state index is -0.644. The SMILES string of the molecule is CN1CCc2nc(C(=O)NC(CNC(=S)C(=O)Nc3ccc(F)cn3)CC(=O)N(C)C)sc2C1. The van der Waals surface area contributed by atoms with Gasteiger partial charge in [-0.1, -0.05) is 12.2 Å². The molecule has 10 nitrogen and oxygen atoms in total. The number of carbonyl (C=O) groups excluding carboxylic acids is 3. The molecule has 0 bridgehead atoms. The Morgan fingerprint density at radius 1 is 1.32 bits per heavy atom. The predicted molar refractivity (Wildman–Crippen MR) is 130 cm³/mol. The van der Waals surface area contributed by atoms with Gasteiger partial charge in [0.25, 0.3) is 11.8 Å². The number of pyridine rings is 1. The number of thiazole rings is 1. The van der Waals surface area contributed by atoms with Gasteiger partial charge in [-0.25, -0.2) is 14.4 Å². The molecule has 3 rings (SSSR count). The molecule has 3 heterocycles. The minimum Gasteiger partial charge on any atom is -0.370 e. The van der Waals surface area contributed by atoms with E-state index in [4.69, 9.17) is 12.2 Å². The first-order chi connectivity index (χ1) is 16.1.